The van der Waals surface area contributed by atoms with Crippen molar-refractivity contribution in [3.63, 3.8) is 0 Å². The van der Waals surface area contributed by atoms with Crippen LogP contribution in [0.1, 0.15) is 103 Å². The lowest BCUT2D eigenvalue weighted by molar-refractivity contribution is -0.133. The van der Waals surface area contributed by atoms with Crippen molar-refractivity contribution < 1.29 is 30.8 Å². The van der Waals surface area contributed by atoms with Crippen LogP contribution in [0.3, 0.4) is 0 Å². The van der Waals surface area contributed by atoms with Gasteiger partial charge in [-0.25, -0.2) is 19.4 Å². The predicted molar refractivity (Wildman–Crippen MR) is 458 cm³/mol. The molecule has 0 saturated carbocycles. The number of methoxy groups -OCH3 is 1. The number of aryl methyl sites for hydroxylation is 3. The van der Waals surface area contributed by atoms with Gasteiger partial charge in [0.05, 0.1) is 45.9 Å². The number of hydrogen-bond donors (Lipinski definition) is 5. The number of carbonyl (C=O) groups is 3. The molecule has 0 atom stereocenters. The molecular formula is C89H102N14O8S. The zero-order valence-corrected chi connectivity index (χ0v) is 63.6. The summed E-state index contributed by atoms with van der Waals surface area (Å²) in [5.74, 6) is 2.26. The molecule has 3 aliphatic heterocycles. The van der Waals surface area contributed by atoms with Crippen LogP contribution in [0.2, 0.25) is 0 Å². The molecule has 5 aromatic heterocycles. The summed E-state index contributed by atoms with van der Waals surface area (Å²) in [5, 5.41) is 28.8. The molecule has 7 aromatic carbocycles. The lowest BCUT2D eigenvalue weighted by atomic mass is 9.91. The van der Waals surface area contributed by atoms with Gasteiger partial charge < -0.3 is 59.4 Å². The molecule has 0 unspecified atom stereocenters. The van der Waals surface area contributed by atoms with Gasteiger partial charge in [-0.3, -0.25) is 19.2 Å². The monoisotopic (exact) mass is 1530 g/mol. The van der Waals surface area contributed by atoms with Gasteiger partial charge in [0.25, 0.3) is 11.5 Å². The van der Waals surface area contributed by atoms with Gasteiger partial charge in [0.15, 0.2) is 27.9 Å². The summed E-state index contributed by atoms with van der Waals surface area (Å²) in [7, 11) is 5.24. The van der Waals surface area contributed by atoms with E-state index in [-0.39, 0.29) is 52.5 Å². The van der Waals surface area contributed by atoms with Gasteiger partial charge in [-0.1, -0.05) is 108 Å². The van der Waals surface area contributed by atoms with E-state index >= 15 is 0 Å². The van der Waals surface area contributed by atoms with E-state index in [9.17, 15) is 29.2 Å². The summed E-state index contributed by atoms with van der Waals surface area (Å²) in [4.78, 5) is 83.5. The lowest BCUT2D eigenvalue weighted by Crippen LogP contribution is -2.49. The van der Waals surface area contributed by atoms with Crippen LogP contribution < -0.4 is 47.0 Å². The highest BCUT2D eigenvalue weighted by Gasteiger charge is 2.26. The number of piperazine rings is 2. The molecule has 3 amide bonds. The number of aromatic nitrogens is 5. The minimum absolute atomic E-state index is 0. The third-order valence-corrected chi connectivity index (χ3v) is 20.6. The predicted octanol–water partition coefficient (Wildman–Crippen LogP) is 16.7. The van der Waals surface area contributed by atoms with Gasteiger partial charge in [-0.2, -0.15) is 10.4 Å². The Kier molecular flexibility index (Phi) is 27.0. The molecule has 2 saturated heterocycles. The van der Waals surface area contributed by atoms with E-state index in [2.05, 4.69) is 126 Å². The van der Waals surface area contributed by atoms with Crippen molar-refractivity contribution in [3.8, 4) is 22.6 Å². The van der Waals surface area contributed by atoms with Gasteiger partial charge in [0, 0.05) is 127 Å². The van der Waals surface area contributed by atoms with Crippen LogP contribution in [0.4, 0.5) is 28.4 Å². The van der Waals surface area contributed by atoms with Crippen LogP contribution in [0.15, 0.2) is 218 Å². The summed E-state index contributed by atoms with van der Waals surface area (Å²) in [6.45, 7) is 15.2. The van der Waals surface area contributed by atoms with Crippen LogP contribution in [0, 0.1) is 16.7 Å². The molecule has 16 rings (SSSR count). The van der Waals surface area contributed by atoms with Gasteiger partial charge >= 0.3 is 5.63 Å². The SMILES string of the molecule is C.C.CN1CC=C(/C=C/c2ccc(-c3nc4ccccc4s3)o2)CC1.COc1cccc2cc(C(=O)Nc3ccc(N4CCNCC4)cc3)c(=O)oc12.Cn1nc(CC(=O)Nc2ccc(N3CCN(C(=O)CC(C)(C)C)CC3)cc2)c2ccccc2c1=O.N#C/C(=C\Nc1ccc2c(c1)CCCC2)c1nc2ccccc2[nH]1.[HH].[HH]. The van der Waals surface area contributed by atoms with Crippen LogP contribution in [-0.4, -0.2) is 132 Å². The number of para-hydroxylation sites is 4. The molecular weight excluding hydrogens is 1430 g/mol. The van der Waals surface area contributed by atoms with Crippen molar-refractivity contribution >= 4 is 112 Å². The third-order valence-electron chi connectivity index (χ3n) is 19.5. The number of thiazole rings is 1. The number of rotatable bonds is 15. The minimum Gasteiger partial charge on any atom is -0.493 e. The standard InChI is InChI=1S/C27H33N5O3.C21H21N3O4.C20H18N4.C19H18N2OS.2CH4.2H2/c1-27(2,3)18-25(34)32-15-13-31(14-16-32)20-11-9-19(10-12-20)28-24(33)17-23-21-7-5-6-8-22(21)26(35)30(4)29-23;1-27-18-4-2-3-14-13-17(21(26)28-19(14)18)20(25)23-15-5-7-16(8-6-15)24-11-9-22-10-12-24;21-12-16(20-23-18-7-3-4-8-19(18)24-20)13-22-17-10-9-14-5-1-2-6-15(14)11-17;1-21-12-10-14(11-13-21)6-7-15-8-9-17(22-15)19-20-16-4-2-3-5-18(16)23-19;;;;/h5-12H,13-18H2,1-4H3,(H,28,33);2-8,13,22H,9-12H2,1H3,(H,23,25);3-4,7-11,13,22H,1-2,5-6H2,(H,23,24);2-10H,11-13H2,1H3;2*1H4;2*1H/b;;16-13+;7-6+;;;;. The number of nitrogens with zero attached hydrogens (tertiary/aromatic N) is 9. The second-order valence-corrected chi connectivity index (χ2v) is 29.8. The van der Waals surface area contributed by atoms with Crippen molar-refractivity contribution in [2.24, 2.45) is 12.5 Å². The molecule has 8 heterocycles. The van der Waals surface area contributed by atoms with E-state index in [1.165, 1.54) is 58.5 Å². The maximum Gasteiger partial charge on any atom is 0.349 e. The molecule has 2 fully saturated rings. The second kappa shape index (κ2) is 37.5. The van der Waals surface area contributed by atoms with Crippen molar-refractivity contribution in [1.29, 1.82) is 5.26 Å². The molecule has 1 aliphatic carbocycles. The van der Waals surface area contributed by atoms with Crippen molar-refractivity contribution in [3.05, 3.63) is 255 Å². The Morgan fingerprint density at radius 2 is 1.36 bits per heavy atom. The number of likely N-dealkylation sites (N-methyl/N-ethyl adjacent to an activating group) is 1. The number of anilines is 5. The first-order valence-electron chi connectivity index (χ1n) is 37.2. The number of hydrogen-bond acceptors (Lipinski definition) is 18. The van der Waals surface area contributed by atoms with Crippen LogP contribution in [-0.2, 0) is 35.9 Å². The molecule has 5 N–H and O–H groups in total. The third kappa shape index (κ3) is 20.6. The Bertz CT molecular complexity index is 5500. The molecule has 0 bridgehead atoms. The molecule has 23 heteroatoms. The Morgan fingerprint density at radius 1 is 0.688 bits per heavy atom. The average molecular weight is 1530 g/mol. The fraction of sp³-hybridized carbons (Fsp3) is 0.292. The normalized spacial score (nSPS) is 14.4. The molecule has 0 spiro atoms. The molecule has 4 aliphatic rings. The summed E-state index contributed by atoms with van der Waals surface area (Å²) in [6.07, 6.45) is 14.8. The summed E-state index contributed by atoms with van der Waals surface area (Å²) in [6, 6.07) is 58.0. The number of furan rings is 1. The fourth-order valence-corrected chi connectivity index (χ4v) is 14.5. The molecule has 12 aromatic rings. The van der Waals surface area contributed by atoms with Gasteiger partial charge in [-0.05, 0) is 183 Å². The molecule has 582 valence electrons. The number of amides is 3. The number of ether oxygens (including phenoxy) is 1. The Morgan fingerprint density at radius 3 is 2.04 bits per heavy atom. The lowest BCUT2D eigenvalue weighted by Gasteiger charge is -2.37. The number of benzene rings is 7. The number of nitrogens with one attached hydrogen (secondary N) is 5. The number of allylic oxidation sites excluding steroid dienone is 2. The number of fused-ring (bicyclic) bond motifs is 5. The number of H-pyrrole nitrogens is 1. The number of aromatic amines is 1. The van der Waals surface area contributed by atoms with Crippen LogP contribution in [0.25, 0.3) is 65.4 Å². The molecule has 112 heavy (non-hydrogen) atoms. The largest absolute Gasteiger partial charge is 0.493 e. The van der Waals surface area contributed by atoms with Crippen molar-refractivity contribution in [2.75, 3.05) is 105 Å². The van der Waals surface area contributed by atoms with E-state index in [1.54, 1.807) is 54.9 Å². The van der Waals surface area contributed by atoms with E-state index in [1.807, 2.05) is 126 Å². The molecule has 0 radical (unpaired) electrons. The second-order valence-electron chi connectivity index (χ2n) is 28.8. The number of imidazole rings is 1. The Hall–Kier alpha value is -12.2. The fourth-order valence-electron chi connectivity index (χ4n) is 13.6. The van der Waals surface area contributed by atoms with Crippen molar-refractivity contribution in [1.82, 2.24) is 39.8 Å². The Balaban J connectivity index is 0.000000174. The first-order chi connectivity index (χ1) is 53.4. The first kappa shape index (κ1) is 80.8. The van der Waals surface area contributed by atoms with E-state index in [0.29, 0.717) is 75.5 Å². The quantitative estimate of drug-likeness (QED) is 0.0472. The number of carbonyl (C=O) groups excluding carboxylic acids is 3. The maximum atomic E-state index is 12.7. The first-order valence-corrected chi connectivity index (χ1v) is 38.0. The highest BCUT2D eigenvalue weighted by Crippen LogP contribution is 2.33. The zero-order valence-electron chi connectivity index (χ0n) is 62.8. The maximum absolute atomic E-state index is 12.7. The van der Waals surface area contributed by atoms with Gasteiger partial charge in [0.1, 0.15) is 23.0 Å². The molecule has 22 nitrogen and oxygen atoms in total. The summed E-state index contributed by atoms with van der Waals surface area (Å²) >= 11 is 1.66. The topological polar surface area (TPSA) is 265 Å². The van der Waals surface area contributed by atoms with Crippen LogP contribution in [0.5, 0.6) is 5.75 Å². The summed E-state index contributed by atoms with van der Waals surface area (Å²) in [5.41, 5.74) is 12.0. The van der Waals surface area contributed by atoms with Gasteiger partial charge in [0.2, 0.25) is 11.8 Å². The van der Waals surface area contributed by atoms with Crippen LogP contribution >= 0.6 is 11.3 Å². The summed E-state index contributed by atoms with van der Waals surface area (Å²) < 4.78 is 18.9. The smallest absolute Gasteiger partial charge is 0.349 e. The minimum atomic E-state index is -0.702. The highest BCUT2D eigenvalue weighted by atomic mass is 32.1. The van der Waals surface area contributed by atoms with E-state index in [4.69, 9.17) is 13.6 Å². The van der Waals surface area contributed by atoms with E-state index < -0.39 is 11.5 Å². The van der Waals surface area contributed by atoms with E-state index in [0.717, 1.165) is 115 Å². The van der Waals surface area contributed by atoms with Gasteiger partial charge in [-0.15, -0.1) is 11.3 Å². The zero-order chi connectivity index (χ0) is 76.7. The highest BCUT2D eigenvalue weighted by molar-refractivity contribution is 7.21. The number of nitriles is 1. The average Bonchev–Trinajstić information content (AvgIpc) is 0.838. The Labute approximate surface area is 660 Å². The van der Waals surface area contributed by atoms with Crippen molar-refractivity contribution in [2.45, 2.75) is 80.6 Å².